The van der Waals surface area contributed by atoms with Crippen molar-refractivity contribution in [2.45, 2.75) is 52.4 Å². The van der Waals surface area contributed by atoms with Crippen LogP contribution in [-0.4, -0.2) is 10.9 Å². The maximum Gasteiger partial charge on any atom is 0.262 e. The third-order valence-corrected chi connectivity index (χ3v) is 8.01. The number of hydrogen-bond donors (Lipinski definition) is 1. The zero-order valence-corrected chi connectivity index (χ0v) is 21.9. The molecule has 4 rings (SSSR count). The first-order valence-electron chi connectivity index (χ1n) is 12.7. The summed E-state index contributed by atoms with van der Waals surface area (Å²) in [5.74, 6) is -2.49. The van der Waals surface area contributed by atoms with E-state index in [1.54, 1.807) is 12.1 Å². The molecule has 1 aliphatic heterocycles. The van der Waals surface area contributed by atoms with Crippen LogP contribution in [0.1, 0.15) is 68.3 Å². The van der Waals surface area contributed by atoms with Crippen molar-refractivity contribution in [2.24, 2.45) is 11.8 Å². The van der Waals surface area contributed by atoms with Crippen LogP contribution in [0, 0.1) is 29.3 Å². The number of halogens is 3. The Balaban J connectivity index is 1.70. The van der Waals surface area contributed by atoms with Crippen molar-refractivity contribution >= 4 is 23.2 Å². The van der Waals surface area contributed by atoms with Crippen molar-refractivity contribution in [3.8, 4) is 0 Å². The number of allylic oxidation sites excluding steroid dienone is 6. The Morgan fingerprint density at radius 2 is 1.76 bits per heavy atom. The van der Waals surface area contributed by atoms with Crippen molar-refractivity contribution < 1.29 is 18.0 Å². The number of pyridine rings is 1. The van der Waals surface area contributed by atoms with E-state index in [4.69, 9.17) is 0 Å². The molecule has 1 aliphatic carbocycles. The lowest BCUT2D eigenvalue weighted by Gasteiger charge is -2.27. The summed E-state index contributed by atoms with van der Waals surface area (Å²) in [5, 5.41) is 3.21. The predicted molar refractivity (Wildman–Crippen MR) is 144 cm³/mol. The van der Waals surface area contributed by atoms with Gasteiger partial charge in [-0.3, -0.25) is 9.78 Å². The standard InChI is InChI=1S/C30H31F3N2OS/c1-3-21-19(2)10-4-5-11-20(22-12-6-7-13-24(22)31)16-23(21)27-14-8-9-15-28(37-27)35-30(36)29-25(32)17-34-18-26(29)33/h6-7,11-19,21H,3-5,8-10H2,1-2H3,(H,35,36). The molecule has 1 amide bonds. The number of aromatic nitrogens is 1. The van der Waals surface area contributed by atoms with Gasteiger partial charge in [0.1, 0.15) is 11.4 Å². The summed E-state index contributed by atoms with van der Waals surface area (Å²) in [5.41, 5.74) is 1.86. The summed E-state index contributed by atoms with van der Waals surface area (Å²) in [6.07, 6.45) is 15.1. The lowest BCUT2D eigenvalue weighted by Crippen LogP contribution is -2.24. The van der Waals surface area contributed by atoms with Crippen LogP contribution in [0.15, 0.2) is 76.5 Å². The molecule has 1 aromatic carbocycles. The average molecular weight is 525 g/mol. The van der Waals surface area contributed by atoms with Crippen LogP contribution in [0.3, 0.4) is 0 Å². The van der Waals surface area contributed by atoms with Gasteiger partial charge in [0.05, 0.1) is 17.4 Å². The van der Waals surface area contributed by atoms with Crippen LogP contribution in [0.2, 0.25) is 0 Å². The first-order valence-corrected chi connectivity index (χ1v) is 13.6. The molecule has 2 atom stereocenters. The van der Waals surface area contributed by atoms with Crippen LogP contribution in [0.25, 0.3) is 5.57 Å². The van der Waals surface area contributed by atoms with E-state index in [0.29, 0.717) is 22.9 Å². The Labute approximate surface area is 220 Å². The van der Waals surface area contributed by atoms with E-state index in [1.807, 2.05) is 12.1 Å². The quantitative estimate of drug-likeness (QED) is 0.427. The minimum atomic E-state index is -1.01. The number of hydrogen-bond acceptors (Lipinski definition) is 3. The number of nitrogens with zero attached hydrogens (tertiary/aromatic N) is 1. The summed E-state index contributed by atoms with van der Waals surface area (Å²) < 4.78 is 43.1. The summed E-state index contributed by atoms with van der Waals surface area (Å²) in [6.45, 7) is 4.42. The number of carbonyl (C=O) groups is 1. The molecule has 0 radical (unpaired) electrons. The molecule has 2 unspecified atom stereocenters. The zero-order valence-electron chi connectivity index (χ0n) is 21.1. The number of carbonyl (C=O) groups excluding carboxylic acids is 1. The third-order valence-electron chi connectivity index (χ3n) is 6.90. The van der Waals surface area contributed by atoms with Gasteiger partial charge in [-0.25, -0.2) is 13.2 Å². The predicted octanol–water partition coefficient (Wildman–Crippen LogP) is 8.34. The lowest BCUT2D eigenvalue weighted by molar-refractivity contribution is 0.0960. The molecule has 194 valence electrons. The monoisotopic (exact) mass is 524 g/mol. The minimum Gasteiger partial charge on any atom is -0.316 e. The van der Waals surface area contributed by atoms with Crippen molar-refractivity contribution in [2.75, 3.05) is 0 Å². The van der Waals surface area contributed by atoms with Gasteiger partial charge in [-0.1, -0.05) is 62.0 Å². The third kappa shape index (κ3) is 6.45. The normalized spacial score (nSPS) is 20.8. The molecule has 1 N–H and O–H groups in total. The van der Waals surface area contributed by atoms with Gasteiger partial charge in [0.25, 0.3) is 5.91 Å². The van der Waals surface area contributed by atoms with Gasteiger partial charge in [0.15, 0.2) is 11.6 Å². The van der Waals surface area contributed by atoms with Crippen LogP contribution < -0.4 is 5.32 Å². The first kappa shape index (κ1) is 27.0. The second-order valence-electron chi connectivity index (χ2n) is 9.41. The summed E-state index contributed by atoms with van der Waals surface area (Å²) in [7, 11) is 0. The molecule has 0 fully saturated rings. The van der Waals surface area contributed by atoms with Crippen molar-refractivity contribution in [3.63, 3.8) is 0 Å². The highest BCUT2D eigenvalue weighted by molar-refractivity contribution is 8.06. The van der Waals surface area contributed by atoms with Gasteiger partial charge in [0.2, 0.25) is 0 Å². The molecule has 2 aliphatic rings. The van der Waals surface area contributed by atoms with Crippen molar-refractivity contribution in [1.82, 2.24) is 10.3 Å². The number of thioether (sulfide) groups is 1. The lowest BCUT2D eigenvalue weighted by atomic mass is 9.81. The highest BCUT2D eigenvalue weighted by Gasteiger charge is 2.27. The fraction of sp³-hybridized carbons (Fsp3) is 0.333. The van der Waals surface area contributed by atoms with Crippen molar-refractivity contribution in [1.29, 1.82) is 0 Å². The number of rotatable bonds is 5. The molecule has 0 saturated heterocycles. The Kier molecular flexibility index (Phi) is 9.09. The summed E-state index contributed by atoms with van der Waals surface area (Å²) in [4.78, 5) is 17.2. The molecule has 3 nitrogen and oxygen atoms in total. The molecule has 2 heterocycles. The fourth-order valence-corrected chi connectivity index (χ4v) is 6.10. The van der Waals surface area contributed by atoms with E-state index in [0.717, 1.165) is 60.5 Å². The van der Waals surface area contributed by atoms with Gasteiger partial charge in [-0.2, -0.15) is 0 Å². The topological polar surface area (TPSA) is 42.0 Å². The maximum atomic E-state index is 14.8. The van der Waals surface area contributed by atoms with E-state index < -0.39 is 23.1 Å². The van der Waals surface area contributed by atoms with Gasteiger partial charge in [-0.05, 0) is 73.6 Å². The summed E-state index contributed by atoms with van der Waals surface area (Å²) >= 11 is 1.38. The zero-order chi connectivity index (χ0) is 26.4. The highest BCUT2D eigenvalue weighted by Crippen LogP contribution is 2.43. The molecule has 7 heteroatoms. The Hall–Kier alpha value is -3.06. The second-order valence-corrected chi connectivity index (χ2v) is 10.5. The summed E-state index contributed by atoms with van der Waals surface area (Å²) in [6, 6.07) is 6.81. The number of amides is 1. The van der Waals surface area contributed by atoms with E-state index in [9.17, 15) is 18.0 Å². The molecular formula is C30H31F3N2OS. The molecular weight excluding hydrogens is 493 g/mol. The number of benzene rings is 1. The van der Waals surface area contributed by atoms with Crippen molar-refractivity contribution in [3.05, 3.63) is 105 Å². The Bertz CT molecular complexity index is 1260. The minimum absolute atomic E-state index is 0.233. The van der Waals surface area contributed by atoms with E-state index in [-0.39, 0.29) is 11.7 Å². The molecule has 37 heavy (non-hydrogen) atoms. The fourth-order valence-electron chi connectivity index (χ4n) is 4.98. The maximum absolute atomic E-state index is 14.8. The first-order chi connectivity index (χ1) is 17.9. The number of nitrogens with one attached hydrogen (secondary N) is 1. The van der Waals surface area contributed by atoms with E-state index in [2.05, 4.69) is 42.4 Å². The second kappa shape index (κ2) is 12.5. The van der Waals surface area contributed by atoms with Gasteiger partial charge < -0.3 is 5.32 Å². The average Bonchev–Trinajstić information content (AvgIpc) is 3.06. The van der Waals surface area contributed by atoms with Crippen LogP contribution >= 0.6 is 11.8 Å². The molecule has 0 spiro atoms. The van der Waals surface area contributed by atoms with E-state index >= 15 is 0 Å². The molecule has 0 saturated carbocycles. The molecule has 1 aromatic heterocycles. The molecule has 2 aromatic rings. The Morgan fingerprint density at radius 3 is 2.49 bits per heavy atom. The Morgan fingerprint density at radius 1 is 1.03 bits per heavy atom. The largest absolute Gasteiger partial charge is 0.316 e. The van der Waals surface area contributed by atoms with Gasteiger partial charge >= 0.3 is 0 Å². The van der Waals surface area contributed by atoms with Gasteiger partial charge in [0, 0.05) is 10.5 Å². The van der Waals surface area contributed by atoms with E-state index in [1.165, 1.54) is 17.8 Å². The molecule has 0 bridgehead atoms. The SMILES string of the molecule is CCC1C(C2=CCCC=C(NC(=O)c3c(F)cncc3F)S2)=CC(c2ccccc2F)=CCCCC1C. The smallest absolute Gasteiger partial charge is 0.262 e. The highest BCUT2D eigenvalue weighted by atomic mass is 32.2. The van der Waals surface area contributed by atoms with Gasteiger partial charge in [-0.15, -0.1) is 0 Å². The van der Waals surface area contributed by atoms with Crippen LogP contribution in [-0.2, 0) is 0 Å². The van der Waals surface area contributed by atoms with Crippen LogP contribution in [0.5, 0.6) is 0 Å². The van der Waals surface area contributed by atoms with Crippen LogP contribution in [0.4, 0.5) is 13.2 Å².